The largest absolute Gasteiger partial charge is 0.478 e. The lowest BCUT2D eigenvalue weighted by Gasteiger charge is -2.04. The lowest BCUT2D eigenvalue weighted by atomic mass is 10.1. The minimum Gasteiger partial charge on any atom is -0.478 e. The first kappa shape index (κ1) is 12.2. The number of carbonyl (C=O) groups is 1. The van der Waals surface area contributed by atoms with Crippen LogP contribution in [0.5, 0.6) is 5.88 Å². The summed E-state index contributed by atoms with van der Waals surface area (Å²) >= 11 is 0. The van der Waals surface area contributed by atoms with Gasteiger partial charge in [0, 0.05) is 11.6 Å². The second-order valence-corrected chi connectivity index (χ2v) is 3.75. The maximum atomic E-state index is 12.0. The summed E-state index contributed by atoms with van der Waals surface area (Å²) in [6.45, 7) is 2.43. The maximum Gasteiger partial charge on any atom is 0.216 e. The molecule has 2 rings (SSSR count). The molecule has 0 radical (unpaired) electrons. The monoisotopic (exact) mass is 242 g/mol. The molecule has 18 heavy (non-hydrogen) atoms. The predicted octanol–water partition coefficient (Wildman–Crippen LogP) is 2.30. The summed E-state index contributed by atoms with van der Waals surface area (Å²) in [4.78, 5) is 20.0. The Morgan fingerprint density at radius 3 is 2.72 bits per heavy atom. The third kappa shape index (κ3) is 3.13. The van der Waals surface area contributed by atoms with Crippen LogP contribution in [0.25, 0.3) is 0 Å². The number of ether oxygens (including phenoxy) is 1. The summed E-state index contributed by atoms with van der Waals surface area (Å²) in [5.41, 5.74) is 1.36. The van der Waals surface area contributed by atoms with Gasteiger partial charge in [0.05, 0.1) is 18.7 Å². The van der Waals surface area contributed by atoms with E-state index in [2.05, 4.69) is 9.97 Å². The molecular weight excluding hydrogens is 228 g/mol. The average molecular weight is 242 g/mol. The van der Waals surface area contributed by atoms with Crippen LogP contribution in [0.1, 0.15) is 23.0 Å². The first-order chi connectivity index (χ1) is 8.79. The zero-order valence-corrected chi connectivity index (χ0v) is 10.2. The van der Waals surface area contributed by atoms with E-state index < -0.39 is 0 Å². The van der Waals surface area contributed by atoms with Gasteiger partial charge in [-0.1, -0.05) is 30.3 Å². The molecule has 0 N–H and O–H groups in total. The molecule has 2 aromatic rings. The summed E-state index contributed by atoms with van der Waals surface area (Å²) in [6, 6.07) is 10.9. The molecule has 1 heterocycles. The van der Waals surface area contributed by atoms with E-state index in [0.29, 0.717) is 23.7 Å². The van der Waals surface area contributed by atoms with Gasteiger partial charge in [-0.2, -0.15) is 0 Å². The molecule has 0 aliphatic carbocycles. The fraction of sp³-hybridized carbons (Fsp3) is 0.214. The number of Topliss-reactive ketones (excluding diaryl/α,β-unsaturated/α-hetero) is 1. The fourth-order valence-corrected chi connectivity index (χ4v) is 1.59. The van der Waals surface area contributed by atoms with Crippen molar-refractivity contribution in [1.29, 1.82) is 0 Å². The summed E-state index contributed by atoms with van der Waals surface area (Å²) in [7, 11) is 0. The second kappa shape index (κ2) is 5.91. The van der Waals surface area contributed by atoms with Crippen LogP contribution in [0.4, 0.5) is 0 Å². The number of benzene rings is 1. The molecule has 0 spiro atoms. The van der Waals surface area contributed by atoms with Crippen molar-refractivity contribution in [3.63, 3.8) is 0 Å². The number of carbonyl (C=O) groups excluding carboxylic acids is 1. The number of ketones is 1. The van der Waals surface area contributed by atoms with Gasteiger partial charge in [0.15, 0.2) is 5.78 Å². The summed E-state index contributed by atoms with van der Waals surface area (Å²) < 4.78 is 5.27. The smallest absolute Gasteiger partial charge is 0.216 e. The van der Waals surface area contributed by atoms with E-state index >= 15 is 0 Å². The molecule has 0 fully saturated rings. The Balaban J connectivity index is 2.10. The normalized spacial score (nSPS) is 10.1. The van der Waals surface area contributed by atoms with Crippen LogP contribution in [0.15, 0.2) is 42.7 Å². The van der Waals surface area contributed by atoms with Crippen LogP contribution in [-0.4, -0.2) is 22.4 Å². The predicted molar refractivity (Wildman–Crippen MR) is 67.7 cm³/mol. The fourth-order valence-electron chi connectivity index (χ4n) is 1.59. The zero-order valence-electron chi connectivity index (χ0n) is 10.2. The standard InChI is InChI=1S/C14H14N2O2/c1-2-18-14-9-12(15-10-16-14)8-13(17)11-6-4-3-5-7-11/h3-7,9-10H,2,8H2,1H3. The highest BCUT2D eigenvalue weighted by Gasteiger charge is 2.08. The topological polar surface area (TPSA) is 52.1 Å². The van der Waals surface area contributed by atoms with Crippen LogP contribution >= 0.6 is 0 Å². The summed E-state index contributed by atoms with van der Waals surface area (Å²) in [5.74, 6) is 0.542. The Morgan fingerprint density at radius 2 is 2.00 bits per heavy atom. The Bertz CT molecular complexity index is 526. The van der Waals surface area contributed by atoms with E-state index in [9.17, 15) is 4.79 Å². The van der Waals surface area contributed by atoms with Crippen molar-refractivity contribution in [2.45, 2.75) is 13.3 Å². The van der Waals surface area contributed by atoms with Gasteiger partial charge in [-0.05, 0) is 6.92 Å². The third-order valence-corrected chi connectivity index (χ3v) is 2.43. The van der Waals surface area contributed by atoms with Crippen LogP contribution in [0.2, 0.25) is 0 Å². The molecule has 1 aromatic carbocycles. The molecule has 1 aromatic heterocycles. The van der Waals surface area contributed by atoms with Crippen molar-refractivity contribution < 1.29 is 9.53 Å². The Labute approximate surface area is 106 Å². The van der Waals surface area contributed by atoms with E-state index in [1.165, 1.54) is 6.33 Å². The van der Waals surface area contributed by atoms with Gasteiger partial charge in [0.1, 0.15) is 6.33 Å². The van der Waals surface area contributed by atoms with E-state index in [1.807, 2.05) is 25.1 Å². The van der Waals surface area contributed by atoms with Crippen LogP contribution in [0, 0.1) is 0 Å². The number of rotatable bonds is 5. The molecule has 4 nitrogen and oxygen atoms in total. The molecule has 0 amide bonds. The lowest BCUT2D eigenvalue weighted by Crippen LogP contribution is -2.06. The highest BCUT2D eigenvalue weighted by molar-refractivity contribution is 5.97. The number of hydrogen-bond donors (Lipinski definition) is 0. The number of nitrogens with zero attached hydrogens (tertiary/aromatic N) is 2. The minimum atomic E-state index is 0.0387. The first-order valence-corrected chi connectivity index (χ1v) is 5.81. The first-order valence-electron chi connectivity index (χ1n) is 5.81. The number of hydrogen-bond acceptors (Lipinski definition) is 4. The lowest BCUT2D eigenvalue weighted by molar-refractivity contribution is 0.0992. The maximum absolute atomic E-state index is 12.0. The van der Waals surface area contributed by atoms with E-state index in [0.717, 1.165) is 0 Å². The molecule has 0 saturated heterocycles. The Morgan fingerprint density at radius 1 is 1.22 bits per heavy atom. The van der Waals surface area contributed by atoms with Gasteiger partial charge in [-0.3, -0.25) is 4.79 Å². The van der Waals surface area contributed by atoms with Crippen LogP contribution in [0.3, 0.4) is 0 Å². The molecule has 0 aliphatic heterocycles. The van der Waals surface area contributed by atoms with Crippen LogP contribution in [-0.2, 0) is 6.42 Å². The van der Waals surface area contributed by atoms with Gasteiger partial charge in [0.25, 0.3) is 0 Å². The molecular formula is C14H14N2O2. The molecule has 0 saturated carbocycles. The molecule has 0 unspecified atom stereocenters. The van der Waals surface area contributed by atoms with E-state index in [4.69, 9.17) is 4.74 Å². The molecule has 4 heteroatoms. The van der Waals surface area contributed by atoms with Gasteiger partial charge in [-0.25, -0.2) is 9.97 Å². The van der Waals surface area contributed by atoms with Crippen LogP contribution < -0.4 is 4.74 Å². The second-order valence-electron chi connectivity index (χ2n) is 3.75. The molecule has 0 bridgehead atoms. The van der Waals surface area contributed by atoms with Crippen molar-refractivity contribution in [1.82, 2.24) is 9.97 Å². The van der Waals surface area contributed by atoms with Crippen molar-refractivity contribution in [2.75, 3.05) is 6.61 Å². The highest BCUT2D eigenvalue weighted by atomic mass is 16.5. The van der Waals surface area contributed by atoms with Crippen molar-refractivity contribution in [3.8, 4) is 5.88 Å². The summed E-state index contributed by atoms with van der Waals surface area (Å²) in [5, 5.41) is 0. The molecule has 92 valence electrons. The van der Waals surface area contributed by atoms with Gasteiger partial charge < -0.3 is 4.74 Å². The summed E-state index contributed by atoms with van der Waals surface area (Å²) in [6.07, 6.45) is 1.67. The SMILES string of the molecule is CCOc1cc(CC(=O)c2ccccc2)ncn1. The Hall–Kier alpha value is -2.23. The third-order valence-electron chi connectivity index (χ3n) is 2.43. The van der Waals surface area contributed by atoms with E-state index in [-0.39, 0.29) is 12.2 Å². The quantitative estimate of drug-likeness (QED) is 0.755. The van der Waals surface area contributed by atoms with Crippen molar-refractivity contribution in [3.05, 3.63) is 54.0 Å². The highest BCUT2D eigenvalue weighted by Crippen LogP contribution is 2.10. The minimum absolute atomic E-state index is 0.0387. The van der Waals surface area contributed by atoms with Gasteiger partial charge >= 0.3 is 0 Å². The average Bonchev–Trinajstić information content (AvgIpc) is 2.40. The van der Waals surface area contributed by atoms with Crippen molar-refractivity contribution in [2.24, 2.45) is 0 Å². The van der Waals surface area contributed by atoms with E-state index in [1.54, 1.807) is 18.2 Å². The Kier molecular flexibility index (Phi) is 4.02. The molecule has 0 aliphatic rings. The number of aromatic nitrogens is 2. The zero-order chi connectivity index (χ0) is 12.8. The molecule has 0 atom stereocenters. The van der Waals surface area contributed by atoms with Gasteiger partial charge in [-0.15, -0.1) is 0 Å². The van der Waals surface area contributed by atoms with Gasteiger partial charge in [0.2, 0.25) is 5.88 Å². The van der Waals surface area contributed by atoms with Crippen molar-refractivity contribution >= 4 is 5.78 Å².